The van der Waals surface area contributed by atoms with Crippen LogP contribution in [0.5, 0.6) is 0 Å². The first-order chi connectivity index (χ1) is 17.5. The largest absolute Gasteiger partial charge is 0.375 e. The van der Waals surface area contributed by atoms with E-state index in [0.717, 1.165) is 52.4 Å². The lowest BCUT2D eigenvalue weighted by Crippen LogP contribution is -2.24. The minimum absolute atomic E-state index is 0.136. The molecule has 4 aromatic rings. The maximum atomic E-state index is 13.8. The molecule has 5 rings (SSSR count). The number of aromatic nitrogens is 1. The predicted octanol–water partition coefficient (Wildman–Crippen LogP) is 6.85. The molecule has 1 aromatic heterocycles. The van der Waals surface area contributed by atoms with Gasteiger partial charge in [-0.25, -0.2) is 0 Å². The van der Waals surface area contributed by atoms with E-state index in [2.05, 4.69) is 29.7 Å². The standard InChI is InChI=1S/C30H29ClN4O/c1-19-16-17-26(23-13-7-8-15-25(23)34-29(19)32-3)33-20(2)27-18-21-10-9-14-24(31)28(21)30(36)35(27)22-11-5-4-6-12-22/h4-15,18,20,32,34H,16-17H2,1-3H3/t20-/m0/s1. The molecule has 36 heavy (non-hydrogen) atoms. The van der Waals surface area contributed by atoms with Crippen LogP contribution in [0.3, 0.4) is 0 Å². The lowest BCUT2D eigenvalue weighted by molar-refractivity contribution is 0.732. The Hall–Kier alpha value is -3.83. The Labute approximate surface area is 216 Å². The van der Waals surface area contributed by atoms with E-state index in [0.29, 0.717) is 10.4 Å². The number of allylic oxidation sites excluding steroid dienone is 1. The molecule has 5 nitrogen and oxygen atoms in total. The van der Waals surface area contributed by atoms with Crippen LogP contribution in [0.4, 0.5) is 5.69 Å². The Morgan fingerprint density at radius 1 is 1.00 bits per heavy atom. The van der Waals surface area contributed by atoms with Crippen LogP contribution in [-0.4, -0.2) is 17.3 Å². The summed E-state index contributed by atoms with van der Waals surface area (Å²) in [5.74, 6) is 1.03. The topological polar surface area (TPSA) is 58.4 Å². The van der Waals surface area contributed by atoms with Gasteiger partial charge in [-0.1, -0.05) is 60.1 Å². The van der Waals surface area contributed by atoms with Crippen molar-refractivity contribution < 1.29 is 0 Å². The highest BCUT2D eigenvalue weighted by Crippen LogP contribution is 2.30. The molecule has 0 saturated heterocycles. The lowest BCUT2D eigenvalue weighted by Gasteiger charge is -2.23. The molecule has 0 spiro atoms. The van der Waals surface area contributed by atoms with Gasteiger partial charge < -0.3 is 10.6 Å². The summed E-state index contributed by atoms with van der Waals surface area (Å²) >= 11 is 6.48. The van der Waals surface area contributed by atoms with Crippen LogP contribution in [-0.2, 0) is 0 Å². The van der Waals surface area contributed by atoms with E-state index < -0.39 is 0 Å². The zero-order valence-corrected chi connectivity index (χ0v) is 21.4. The first-order valence-electron chi connectivity index (χ1n) is 12.2. The maximum Gasteiger partial charge on any atom is 0.264 e. The summed E-state index contributed by atoms with van der Waals surface area (Å²) in [5, 5.41) is 8.61. The quantitative estimate of drug-likeness (QED) is 0.325. The van der Waals surface area contributed by atoms with E-state index in [1.807, 2.05) is 74.6 Å². The molecular formula is C30H29ClN4O. The number of aliphatic imine (C=N–C) groups is 1. The molecule has 0 fully saturated rings. The third-order valence-corrected chi connectivity index (χ3v) is 7.04. The van der Waals surface area contributed by atoms with Gasteiger partial charge in [0, 0.05) is 29.7 Å². The van der Waals surface area contributed by atoms with Crippen molar-refractivity contribution in [1.29, 1.82) is 0 Å². The number of hydrogen-bond donors (Lipinski definition) is 2. The molecule has 0 aliphatic carbocycles. The van der Waals surface area contributed by atoms with Crippen LogP contribution in [0.1, 0.15) is 44.0 Å². The third-order valence-electron chi connectivity index (χ3n) is 6.73. The molecule has 1 aliphatic heterocycles. The first-order valence-corrected chi connectivity index (χ1v) is 12.6. The number of benzene rings is 3. The molecule has 2 N–H and O–H groups in total. The molecule has 182 valence electrons. The second-order valence-corrected chi connectivity index (χ2v) is 9.48. The number of para-hydroxylation sites is 2. The van der Waals surface area contributed by atoms with E-state index in [9.17, 15) is 4.79 Å². The number of nitrogens with one attached hydrogen (secondary N) is 2. The van der Waals surface area contributed by atoms with Crippen LogP contribution in [0, 0.1) is 0 Å². The second-order valence-electron chi connectivity index (χ2n) is 9.08. The van der Waals surface area contributed by atoms with Crippen molar-refractivity contribution in [3.63, 3.8) is 0 Å². The fourth-order valence-electron chi connectivity index (χ4n) is 4.85. The van der Waals surface area contributed by atoms with Gasteiger partial charge in [-0.2, -0.15) is 0 Å². The zero-order valence-electron chi connectivity index (χ0n) is 20.7. The lowest BCUT2D eigenvalue weighted by atomic mass is 9.98. The number of hydrogen-bond acceptors (Lipinski definition) is 4. The molecule has 3 aromatic carbocycles. The van der Waals surface area contributed by atoms with E-state index in [1.54, 1.807) is 10.6 Å². The zero-order chi connectivity index (χ0) is 25.2. The van der Waals surface area contributed by atoms with E-state index in [1.165, 1.54) is 5.57 Å². The van der Waals surface area contributed by atoms with Gasteiger partial charge in [-0.3, -0.25) is 14.4 Å². The van der Waals surface area contributed by atoms with Gasteiger partial charge in [-0.05, 0) is 68.0 Å². The van der Waals surface area contributed by atoms with Gasteiger partial charge in [0.15, 0.2) is 0 Å². The van der Waals surface area contributed by atoms with Crippen molar-refractivity contribution in [3.8, 4) is 5.69 Å². The van der Waals surface area contributed by atoms with Crippen molar-refractivity contribution in [2.75, 3.05) is 12.4 Å². The summed E-state index contributed by atoms with van der Waals surface area (Å²) in [4.78, 5) is 19.0. The number of fused-ring (bicyclic) bond motifs is 2. The van der Waals surface area contributed by atoms with Crippen LogP contribution >= 0.6 is 11.6 Å². The second kappa shape index (κ2) is 10.0. The monoisotopic (exact) mass is 496 g/mol. The van der Waals surface area contributed by atoms with Crippen LogP contribution in [0.15, 0.2) is 100 Å². The van der Waals surface area contributed by atoms with E-state index in [4.69, 9.17) is 16.6 Å². The van der Waals surface area contributed by atoms with Crippen molar-refractivity contribution >= 4 is 33.8 Å². The molecule has 6 heteroatoms. The van der Waals surface area contributed by atoms with Crippen molar-refractivity contribution in [2.45, 2.75) is 32.7 Å². The highest BCUT2D eigenvalue weighted by molar-refractivity contribution is 6.35. The van der Waals surface area contributed by atoms with Crippen molar-refractivity contribution in [1.82, 2.24) is 9.88 Å². The summed E-state index contributed by atoms with van der Waals surface area (Å²) in [5.41, 5.74) is 5.82. The van der Waals surface area contributed by atoms with Crippen LogP contribution in [0.2, 0.25) is 5.02 Å². The normalized spacial score (nSPS) is 15.7. The number of rotatable bonds is 4. The van der Waals surface area contributed by atoms with Crippen molar-refractivity contribution in [3.05, 3.63) is 117 Å². The number of nitrogens with zero attached hydrogens (tertiary/aromatic N) is 2. The van der Waals surface area contributed by atoms with E-state index in [-0.39, 0.29) is 11.6 Å². The minimum Gasteiger partial charge on any atom is -0.375 e. The van der Waals surface area contributed by atoms with Gasteiger partial charge in [0.25, 0.3) is 5.56 Å². The summed E-state index contributed by atoms with van der Waals surface area (Å²) in [6.45, 7) is 4.18. The molecule has 0 saturated carbocycles. The van der Waals surface area contributed by atoms with Gasteiger partial charge in [0.2, 0.25) is 0 Å². The summed E-state index contributed by atoms with van der Waals surface area (Å²) in [6, 6.07) is 25.3. The Kier molecular flexibility index (Phi) is 6.66. The molecule has 1 aliphatic rings. The third kappa shape index (κ3) is 4.42. The van der Waals surface area contributed by atoms with Crippen LogP contribution < -0.4 is 16.2 Å². The molecule has 0 radical (unpaired) electrons. The highest BCUT2D eigenvalue weighted by Gasteiger charge is 2.20. The fraction of sp³-hybridized carbons (Fsp3) is 0.200. The summed E-state index contributed by atoms with van der Waals surface area (Å²) < 4.78 is 1.75. The number of anilines is 1. The Morgan fingerprint density at radius 2 is 1.75 bits per heavy atom. The summed E-state index contributed by atoms with van der Waals surface area (Å²) in [7, 11) is 1.93. The van der Waals surface area contributed by atoms with Gasteiger partial charge in [0.1, 0.15) is 5.82 Å². The average Bonchev–Trinajstić information content (AvgIpc) is 2.89. The molecule has 0 bridgehead atoms. The number of halogens is 1. The molecular weight excluding hydrogens is 468 g/mol. The summed E-state index contributed by atoms with van der Waals surface area (Å²) in [6.07, 6.45) is 1.68. The van der Waals surface area contributed by atoms with Crippen LogP contribution in [0.25, 0.3) is 16.5 Å². The first kappa shape index (κ1) is 23.9. The maximum absolute atomic E-state index is 13.8. The molecule has 1 atom stereocenters. The van der Waals surface area contributed by atoms with Gasteiger partial charge in [0.05, 0.1) is 22.1 Å². The smallest absolute Gasteiger partial charge is 0.264 e. The number of pyridine rings is 1. The highest BCUT2D eigenvalue weighted by atomic mass is 35.5. The Morgan fingerprint density at radius 3 is 2.53 bits per heavy atom. The van der Waals surface area contributed by atoms with E-state index >= 15 is 0 Å². The minimum atomic E-state index is -0.267. The fourth-order valence-corrected chi connectivity index (χ4v) is 5.11. The van der Waals surface area contributed by atoms with Gasteiger partial charge in [-0.15, -0.1) is 0 Å². The van der Waals surface area contributed by atoms with Gasteiger partial charge >= 0.3 is 0 Å². The molecule has 2 heterocycles. The SMILES string of the molecule is CNC1=C(C)CCC(=N[C@@H](C)c2cc3cccc(Cl)c3c(=O)n2-c2ccccc2)c2ccccc2N1. The Bertz CT molecular complexity index is 1550. The average molecular weight is 497 g/mol. The molecule has 0 amide bonds. The Balaban J connectivity index is 1.69. The molecule has 0 unspecified atom stereocenters. The predicted molar refractivity (Wildman–Crippen MR) is 151 cm³/mol. The van der Waals surface area contributed by atoms with Crippen molar-refractivity contribution in [2.24, 2.45) is 4.99 Å².